The van der Waals surface area contributed by atoms with Gasteiger partial charge in [0.1, 0.15) is 28.7 Å². The van der Waals surface area contributed by atoms with Gasteiger partial charge in [0, 0.05) is 64.2 Å². The van der Waals surface area contributed by atoms with Gasteiger partial charge in [-0.2, -0.15) is 0 Å². The van der Waals surface area contributed by atoms with Crippen molar-refractivity contribution in [2.75, 3.05) is 28.3 Å². The summed E-state index contributed by atoms with van der Waals surface area (Å²) in [6, 6.07) is 38.1. The van der Waals surface area contributed by atoms with Crippen LogP contribution in [0.1, 0.15) is 48.4 Å². The molecule has 0 saturated heterocycles. The van der Waals surface area contributed by atoms with Gasteiger partial charge in [-0.25, -0.2) is 0 Å². The second kappa shape index (κ2) is 16.1. The Labute approximate surface area is 305 Å². The zero-order valence-corrected chi connectivity index (χ0v) is 28.7. The monoisotopic (exact) mass is 706 g/mol. The SMILES string of the molecule is CNc1ccc(Oc2cccc(NC(=O)c3cc(O)cc(C(=O)Nc4ccc(Oc5cccc(NC(=O)c6cccc(C(C)=O)c6)c5)cc4)c3)c2)cc1. The third-order valence-corrected chi connectivity index (χ3v) is 7.88. The molecule has 0 aliphatic carbocycles. The minimum Gasteiger partial charge on any atom is -0.508 e. The van der Waals surface area contributed by atoms with Crippen molar-refractivity contribution < 1.29 is 33.8 Å². The zero-order chi connectivity index (χ0) is 37.3. The van der Waals surface area contributed by atoms with Gasteiger partial charge in [-0.1, -0.05) is 24.3 Å². The Morgan fingerprint density at radius 3 is 1.40 bits per heavy atom. The fourth-order valence-electron chi connectivity index (χ4n) is 5.21. The second-order valence-corrected chi connectivity index (χ2v) is 11.8. The first-order chi connectivity index (χ1) is 25.6. The average Bonchev–Trinajstić information content (AvgIpc) is 3.16. The van der Waals surface area contributed by atoms with Gasteiger partial charge < -0.3 is 35.8 Å². The summed E-state index contributed by atoms with van der Waals surface area (Å²) in [7, 11) is 1.83. The van der Waals surface area contributed by atoms with E-state index in [1.54, 1.807) is 97.1 Å². The summed E-state index contributed by atoms with van der Waals surface area (Å²) < 4.78 is 11.9. The third kappa shape index (κ3) is 9.44. The predicted molar refractivity (Wildman–Crippen MR) is 204 cm³/mol. The number of hydrogen-bond donors (Lipinski definition) is 5. The molecule has 0 spiro atoms. The molecule has 0 fully saturated rings. The number of amides is 3. The van der Waals surface area contributed by atoms with E-state index in [2.05, 4.69) is 21.3 Å². The number of carbonyl (C=O) groups excluding carboxylic acids is 4. The lowest BCUT2D eigenvalue weighted by molar-refractivity contribution is 0.100. The van der Waals surface area contributed by atoms with Crippen LogP contribution < -0.4 is 30.7 Å². The minimum absolute atomic E-state index is 0.0736. The Hall–Kier alpha value is -7.40. The Morgan fingerprint density at radius 2 is 0.887 bits per heavy atom. The summed E-state index contributed by atoms with van der Waals surface area (Å²) >= 11 is 0. The lowest BCUT2D eigenvalue weighted by Crippen LogP contribution is -2.15. The van der Waals surface area contributed by atoms with E-state index in [0.717, 1.165) is 5.69 Å². The molecule has 3 amide bonds. The number of Topliss-reactive ketones (excluding diaryl/α,β-unsaturated/α-hetero) is 1. The molecule has 0 atom stereocenters. The highest BCUT2D eigenvalue weighted by Crippen LogP contribution is 2.28. The van der Waals surface area contributed by atoms with Gasteiger partial charge in [-0.3, -0.25) is 19.2 Å². The van der Waals surface area contributed by atoms with Crippen LogP contribution in [-0.2, 0) is 0 Å². The van der Waals surface area contributed by atoms with E-state index in [0.29, 0.717) is 51.2 Å². The molecule has 0 aromatic heterocycles. The molecule has 11 nitrogen and oxygen atoms in total. The summed E-state index contributed by atoms with van der Waals surface area (Å²) in [5, 5.41) is 21.8. The number of benzene rings is 6. The van der Waals surface area contributed by atoms with E-state index in [9.17, 15) is 24.3 Å². The number of phenols is 1. The number of aromatic hydroxyl groups is 1. The molecule has 0 radical (unpaired) electrons. The van der Waals surface area contributed by atoms with E-state index in [4.69, 9.17) is 9.47 Å². The predicted octanol–water partition coefficient (Wildman–Crippen LogP) is 8.98. The maximum Gasteiger partial charge on any atom is 0.255 e. The van der Waals surface area contributed by atoms with Crippen LogP contribution >= 0.6 is 0 Å². The molecule has 0 unspecified atom stereocenters. The van der Waals surface area contributed by atoms with Gasteiger partial charge >= 0.3 is 0 Å². The summed E-state index contributed by atoms with van der Waals surface area (Å²) in [6.07, 6.45) is 0. The van der Waals surface area contributed by atoms with Crippen LogP contribution in [0.15, 0.2) is 140 Å². The summed E-state index contributed by atoms with van der Waals surface area (Å²) in [6.45, 7) is 1.44. The number of phenolic OH excluding ortho intramolecular Hbond substituents is 1. The van der Waals surface area contributed by atoms with Crippen molar-refractivity contribution in [1.82, 2.24) is 0 Å². The Bertz CT molecular complexity index is 2300. The number of carbonyl (C=O) groups is 4. The number of ketones is 1. The van der Waals surface area contributed by atoms with Crippen LogP contribution in [0, 0.1) is 0 Å². The summed E-state index contributed by atoms with van der Waals surface area (Å²) in [5.41, 5.74) is 3.30. The normalized spacial score (nSPS) is 10.5. The quantitative estimate of drug-likeness (QED) is 0.0790. The lowest BCUT2D eigenvalue weighted by Gasteiger charge is -2.12. The van der Waals surface area contributed by atoms with Gasteiger partial charge in [0.2, 0.25) is 0 Å². The molecule has 0 aliphatic heterocycles. The van der Waals surface area contributed by atoms with Crippen molar-refractivity contribution in [2.24, 2.45) is 0 Å². The number of rotatable bonds is 12. The third-order valence-electron chi connectivity index (χ3n) is 7.88. The largest absolute Gasteiger partial charge is 0.508 e. The molecule has 6 rings (SSSR count). The molecule has 5 N–H and O–H groups in total. The molecule has 6 aromatic carbocycles. The smallest absolute Gasteiger partial charge is 0.255 e. The molecule has 264 valence electrons. The molecular weight excluding hydrogens is 672 g/mol. The molecule has 11 heteroatoms. The van der Waals surface area contributed by atoms with Gasteiger partial charge in [-0.05, 0) is 110 Å². The number of nitrogens with one attached hydrogen (secondary N) is 4. The zero-order valence-electron chi connectivity index (χ0n) is 28.7. The van der Waals surface area contributed by atoms with Crippen molar-refractivity contribution in [2.45, 2.75) is 6.92 Å². The second-order valence-electron chi connectivity index (χ2n) is 11.8. The van der Waals surface area contributed by atoms with Gasteiger partial charge in [0.15, 0.2) is 5.78 Å². The highest BCUT2D eigenvalue weighted by atomic mass is 16.5. The van der Waals surface area contributed by atoms with E-state index in [-0.39, 0.29) is 28.6 Å². The molecule has 53 heavy (non-hydrogen) atoms. The van der Waals surface area contributed by atoms with Crippen LogP contribution in [-0.4, -0.2) is 35.7 Å². The molecule has 6 aromatic rings. The first-order valence-corrected chi connectivity index (χ1v) is 16.4. The topological polar surface area (TPSA) is 155 Å². The van der Waals surface area contributed by atoms with Crippen molar-refractivity contribution in [3.63, 3.8) is 0 Å². The molecule has 0 heterocycles. The first kappa shape index (κ1) is 35.4. The van der Waals surface area contributed by atoms with E-state index in [1.165, 1.54) is 25.1 Å². The number of hydrogen-bond acceptors (Lipinski definition) is 8. The van der Waals surface area contributed by atoms with Crippen LogP contribution in [0.4, 0.5) is 22.7 Å². The van der Waals surface area contributed by atoms with Crippen molar-refractivity contribution in [3.8, 4) is 28.7 Å². The number of ether oxygens (including phenoxy) is 2. The molecule has 0 aliphatic rings. The van der Waals surface area contributed by atoms with Crippen LogP contribution in [0.3, 0.4) is 0 Å². The first-order valence-electron chi connectivity index (χ1n) is 16.4. The van der Waals surface area contributed by atoms with E-state index < -0.39 is 11.8 Å². The Kier molecular flexibility index (Phi) is 10.8. The maximum absolute atomic E-state index is 13.2. The maximum atomic E-state index is 13.2. The molecule has 0 bridgehead atoms. The standard InChI is InChI=1S/C42H34N4O7/c1-26(47)27-6-3-7-28(20-27)40(49)45-33-8-4-10-38(24-33)53-37-18-14-32(15-19-37)44-41(50)29-21-30(23-35(48)22-29)42(51)46-34-9-5-11-39(25-34)52-36-16-12-31(43-2)13-17-36/h3-25,43,48H,1-2H3,(H,44,50)(H,45,49)(H,46,51). The van der Waals surface area contributed by atoms with Crippen LogP contribution in [0.25, 0.3) is 0 Å². The Morgan fingerprint density at radius 1 is 0.453 bits per heavy atom. The van der Waals surface area contributed by atoms with Crippen molar-refractivity contribution in [1.29, 1.82) is 0 Å². The fraction of sp³-hybridized carbons (Fsp3) is 0.0476. The van der Waals surface area contributed by atoms with E-state index in [1.807, 2.05) is 31.3 Å². The van der Waals surface area contributed by atoms with Crippen molar-refractivity contribution >= 4 is 46.3 Å². The summed E-state index contributed by atoms with van der Waals surface area (Å²) in [4.78, 5) is 50.8. The van der Waals surface area contributed by atoms with Crippen LogP contribution in [0.2, 0.25) is 0 Å². The average molecular weight is 707 g/mol. The Balaban J connectivity index is 1.05. The summed E-state index contributed by atoms with van der Waals surface area (Å²) in [5.74, 6) is 0.246. The van der Waals surface area contributed by atoms with Crippen LogP contribution in [0.5, 0.6) is 28.7 Å². The molecule has 0 saturated carbocycles. The lowest BCUT2D eigenvalue weighted by atomic mass is 10.1. The van der Waals surface area contributed by atoms with E-state index >= 15 is 0 Å². The van der Waals surface area contributed by atoms with Gasteiger partial charge in [-0.15, -0.1) is 0 Å². The van der Waals surface area contributed by atoms with Gasteiger partial charge in [0.25, 0.3) is 17.7 Å². The fourth-order valence-corrected chi connectivity index (χ4v) is 5.21. The molecular formula is C42H34N4O7. The minimum atomic E-state index is -0.541. The highest BCUT2D eigenvalue weighted by molar-refractivity contribution is 6.09. The highest BCUT2D eigenvalue weighted by Gasteiger charge is 2.15. The van der Waals surface area contributed by atoms with Gasteiger partial charge in [0.05, 0.1) is 0 Å². The van der Waals surface area contributed by atoms with Crippen molar-refractivity contribution in [3.05, 3.63) is 162 Å². The number of anilines is 4.